The Kier molecular flexibility index (Phi) is 5.95. The first-order valence-electron chi connectivity index (χ1n) is 9.61. The average molecular weight is 411 g/mol. The van der Waals surface area contributed by atoms with Crippen LogP contribution in [-0.4, -0.2) is 51.9 Å². The number of aromatic nitrogens is 3. The van der Waals surface area contributed by atoms with Crippen LogP contribution in [0.5, 0.6) is 0 Å². The molecule has 2 heterocycles. The van der Waals surface area contributed by atoms with Crippen LogP contribution in [0, 0.1) is 0 Å². The molecule has 7 nitrogen and oxygen atoms in total. The van der Waals surface area contributed by atoms with Crippen molar-refractivity contribution in [2.24, 2.45) is 0 Å². The van der Waals surface area contributed by atoms with E-state index in [0.29, 0.717) is 26.2 Å². The molecule has 1 aliphatic heterocycles. The van der Waals surface area contributed by atoms with Crippen LogP contribution in [-0.2, 0) is 13.1 Å². The molecule has 0 saturated carbocycles. The summed E-state index contributed by atoms with van der Waals surface area (Å²) >= 11 is 6.29. The molecular weight excluding hydrogens is 388 g/mol. The zero-order chi connectivity index (χ0) is 20.1. The molecule has 0 bridgehead atoms. The second kappa shape index (κ2) is 8.96. The van der Waals surface area contributed by atoms with Gasteiger partial charge in [-0.15, -0.1) is 0 Å². The topological polar surface area (TPSA) is 66.3 Å². The van der Waals surface area contributed by atoms with Gasteiger partial charge in [-0.05, 0) is 23.3 Å². The van der Waals surface area contributed by atoms with Crippen molar-refractivity contribution in [2.75, 3.05) is 31.1 Å². The normalized spacial score (nSPS) is 14.1. The van der Waals surface area contributed by atoms with Gasteiger partial charge >= 0.3 is 6.03 Å². The fourth-order valence-corrected chi connectivity index (χ4v) is 3.74. The third-order valence-corrected chi connectivity index (χ3v) is 5.33. The minimum Gasteiger partial charge on any atom is -0.367 e. The van der Waals surface area contributed by atoms with Crippen LogP contribution in [0.1, 0.15) is 11.1 Å². The number of carbonyl (C=O) groups is 1. The highest BCUT2D eigenvalue weighted by molar-refractivity contribution is 6.33. The van der Waals surface area contributed by atoms with Crippen molar-refractivity contribution in [2.45, 2.75) is 13.1 Å². The van der Waals surface area contributed by atoms with Crippen LogP contribution in [0.4, 0.5) is 10.5 Å². The van der Waals surface area contributed by atoms with Gasteiger partial charge in [0.1, 0.15) is 12.7 Å². The lowest BCUT2D eigenvalue weighted by atomic mass is 10.1. The molecule has 1 N–H and O–H groups in total. The molecule has 2 amide bonds. The molecule has 4 rings (SSSR count). The number of anilines is 1. The minimum absolute atomic E-state index is 0.0366. The maximum Gasteiger partial charge on any atom is 0.317 e. The molecule has 0 radical (unpaired) electrons. The molecule has 0 atom stereocenters. The van der Waals surface area contributed by atoms with Crippen LogP contribution in [0.2, 0.25) is 5.02 Å². The van der Waals surface area contributed by atoms with Crippen molar-refractivity contribution in [3.8, 4) is 0 Å². The standard InChI is InChI=1S/C21H23ClN6O/c22-19-6-1-2-7-20(19)26-8-10-27(11-9-26)21(29)24-13-17-4-3-5-18(12-17)14-28-16-23-15-25-28/h1-7,12,15-16H,8-11,13-14H2,(H,24,29). The first-order chi connectivity index (χ1) is 14.2. The highest BCUT2D eigenvalue weighted by atomic mass is 35.5. The molecule has 150 valence electrons. The quantitative estimate of drug-likeness (QED) is 0.702. The van der Waals surface area contributed by atoms with E-state index in [4.69, 9.17) is 11.6 Å². The number of benzene rings is 2. The predicted molar refractivity (Wildman–Crippen MR) is 113 cm³/mol. The number of urea groups is 1. The van der Waals surface area contributed by atoms with Gasteiger partial charge < -0.3 is 15.1 Å². The van der Waals surface area contributed by atoms with Gasteiger partial charge in [0.05, 0.1) is 17.3 Å². The van der Waals surface area contributed by atoms with E-state index >= 15 is 0 Å². The number of nitrogens with zero attached hydrogens (tertiary/aromatic N) is 5. The Morgan fingerprint density at radius 2 is 1.83 bits per heavy atom. The van der Waals surface area contributed by atoms with Crippen molar-refractivity contribution >= 4 is 23.3 Å². The SMILES string of the molecule is O=C(NCc1cccc(Cn2cncn2)c1)N1CCN(c2ccccc2Cl)CC1. The molecule has 1 aliphatic rings. The van der Waals surface area contributed by atoms with Gasteiger partial charge in [-0.25, -0.2) is 14.5 Å². The predicted octanol–water partition coefficient (Wildman–Crippen LogP) is 3.01. The van der Waals surface area contributed by atoms with Gasteiger partial charge in [0.2, 0.25) is 0 Å². The molecule has 1 aromatic heterocycles. The smallest absolute Gasteiger partial charge is 0.317 e. The Hall–Kier alpha value is -3.06. The molecule has 1 saturated heterocycles. The average Bonchev–Trinajstić information content (AvgIpc) is 3.26. The number of nitrogens with one attached hydrogen (secondary N) is 1. The van der Waals surface area contributed by atoms with Crippen LogP contribution in [0.15, 0.2) is 61.2 Å². The number of amides is 2. The van der Waals surface area contributed by atoms with Crippen molar-refractivity contribution in [1.29, 1.82) is 0 Å². The molecule has 8 heteroatoms. The van der Waals surface area contributed by atoms with Crippen LogP contribution >= 0.6 is 11.6 Å². The highest BCUT2D eigenvalue weighted by Crippen LogP contribution is 2.26. The van der Waals surface area contributed by atoms with E-state index in [1.807, 2.05) is 47.4 Å². The highest BCUT2D eigenvalue weighted by Gasteiger charge is 2.22. The summed E-state index contributed by atoms with van der Waals surface area (Å²) in [6.07, 6.45) is 3.21. The second-order valence-electron chi connectivity index (χ2n) is 7.00. The van der Waals surface area contributed by atoms with E-state index in [1.54, 1.807) is 11.0 Å². The molecule has 29 heavy (non-hydrogen) atoms. The molecule has 1 fully saturated rings. The maximum absolute atomic E-state index is 12.6. The fourth-order valence-electron chi connectivity index (χ4n) is 3.49. The van der Waals surface area contributed by atoms with Crippen molar-refractivity contribution < 1.29 is 4.79 Å². The molecular formula is C21H23ClN6O. The Bertz CT molecular complexity index is 953. The van der Waals surface area contributed by atoms with E-state index < -0.39 is 0 Å². The number of hydrogen-bond acceptors (Lipinski definition) is 4. The summed E-state index contributed by atoms with van der Waals surface area (Å²) in [5.74, 6) is 0. The van der Waals surface area contributed by atoms with E-state index in [9.17, 15) is 4.79 Å². The van der Waals surface area contributed by atoms with E-state index in [-0.39, 0.29) is 6.03 Å². The Morgan fingerprint density at radius 1 is 1.03 bits per heavy atom. The van der Waals surface area contributed by atoms with Gasteiger partial charge in [0.15, 0.2) is 0 Å². The third kappa shape index (κ3) is 4.86. The Morgan fingerprint density at radius 3 is 2.59 bits per heavy atom. The molecule has 0 spiro atoms. The summed E-state index contributed by atoms with van der Waals surface area (Å²) in [4.78, 5) is 20.6. The van der Waals surface area contributed by atoms with Gasteiger partial charge in [0, 0.05) is 32.7 Å². The first-order valence-corrected chi connectivity index (χ1v) is 9.99. The summed E-state index contributed by atoms with van der Waals surface area (Å²) in [6.45, 7) is 4.03. The van der Waals surface area contributed by atoms with Gasteiger partial charge in [-0.2, -0.15) is 5.10 Å². The summed E-state index contributed by atoms with van der Waals surface area (Å²) in [5.41, 5.74) is 3.21. The molecule has 0 aliphatic carbocycles. The lowest BCUT2D eigenvalue weighted by Gasteiger charge is -2.36. The van der Waals surface area contributed by atoms with Gasteiger partial charge in [0.25, 0.3) is 0 Å². The number of piperazine rings is 1. The number of carbonyl (C=O) groups excluding carboxylic acids is 1. The largest absolute Gasteiger partial charge is 0.367 e. The number of hydrogen-bond donors (Lipinski definition) is 1. The molecule has 3 aromatic rings. The summed E-state index contributed by atoms with van der Waals surface area (Å²) in [7, 11) is 0. The number of rotatable bonds is 5. The van der Waals surface area contributed by atoms with Crippen molar-refractivity contribution in [3.63, 3.8) is 0 Å². The van der Waals surface area contributed by atoms with Crippen molar-refractivity contribution in [1.82, 2.24) is 25.0 Å². The van der Waals surface area contributed by atoms with Gasteiger partial charge in [-0.1, -0.05) is 48.0 Å². The zero-order valence-electron chi connectivity index (χ0n) is 16.0. The van der Waals surface area contributed by atoms with Gasteiger partial charge in [-0.3, -0.25) is 0 Å². The monoisotopic (exact) mass is 410 g/mol. The van der Waals surface area contributed by atoms with E-state index in [2.05, 4.69) is 26.4 Å². The molecule has 2 aromatic carbocycles. The first kappa shape index (κ1) is 19.3. The van der Waals surface area contributed by atoms with Crippen LogP contribution < -0.4 is 10.2 Å². The maximum atomic E-state index is 12.6. The number of para-hydroxylation sites is 1. The van der Waals surface area contributed by atoms with Crippen molar-refractivity contribution in [3.05, 3.63) is 77.3 Å². The third-order valence-electron chi connectivity index (χ3n) is 5.01. The van der Waals surface area contributed by atoms with E-state index in [1.165, 1.54) is 6.33 Å². The lowest BCUT2D eigenvalue weighted by molar-refractivity contribution is 0.194. The summed E-state index contributed by atoms with van der Waals surface area (Å²) in [5, 5.41) is 7.90. The summed E-state index contributed by atoms with van der Waals surface area (Å²) < 4.78 is 1.77. The summed E-state index contributed by atoms with van der Waals surface area (Å²) in [6, 6.07) is 15.9. The molecule has 0 unspecified atom stereocenters. The lowest BCUT2D eigenvalue weighted by Crippen LogP contribution is -2.51. The number of halogens is 1. The second-order valence-corrected chi connectivity index (χ2v) is 7.40. The Balaban J connectivity index is 1.28. The fraction of sp³-hybridized carbons (Fsp3) is 0.286. The van der Waals surface area contributed by atoms with E-state index in [0.717, 1.165) is 34.9 Å². The Labute approximate surface area is 174 Å². The van der Waals surface area contributed by atoms with Crippen LogP contribution in [0.25, 0.3) is 0 Å². The minimum atomic E-state index is -0.0366. The zero-order valence-corrected chi connectivity index (χ0v) is 16.8. The van der Waals surface area contributed by atoms with Crippen LogP contribution in [0.3, 0.4) is 0 Å².